The molecule has 0 spiro atoms. The van der Waals surface area contributed by atoms with Crippen LogP contribution in [0.2, 0.25) is 0 Å². The van der Waals surface area contributed by atoms with Gasteiger partial charge in [-0.2, -0.15) is 9.61 Å². The summed E-state index contributed by atoms with van der Waals surface area (Å²) >= 11 is 1.32. The average molecular weight is 341 g/mol. The van der Waals surface area contributed by atoms with Gasteiger partial charge >= 0.3 is 0 Å². The van der Waals surface area contributed by atoms with Crippen molar-refractivity contribution in [3.8, 4) is 0 Å². The van der Waals surface area contributed by atoms with Crippen LogP contribution in [0.25, 0.3) is 5.65 Å². The molecule has 2 aromatic heterocycles. The molecule has 0 saturated carbocycles. The Morgan fingerprint density at radius 3 is 2.83 bits per heavy atom. The molecule has 0 unspecified atom stereocenters. The molecule has 0 saturated heterocycles. The van der Waals surface area contributed by atoms with E-state index in [1.165, 1.54) is 18.7 Å². The number of amides is 1. The lowest BCUT2D eigenvalue weighted by molar-refractivity contribution is -0.113. The third-order valence-corrected chi connectivity index (χ3v) is 4.22. The predicted molar refractivity (Wildman–Crippen MR) is 91.3 cm³/mol. The van der Waals surface area contributed by atoms with Crippen LogP contribution in [0.3, 0.4) is 0 Å². The number of benzene rings is 1. The van der Waals surface area contributed by atoms with Crippen LogP contribution >= 0.6 is 11.8 Å². The van der Waals surface area contributed by atoms with Gasteiger partial charge in [0.25, 0.3) is 0 Å². The minimum Gasteiger partial charge on any atom is -0.325 e. The second-order valence-electron chi connectivity index (χ2n) is 5.16. The Labute approximate surface area is 142 Å². The normalized spacial score (nSPS) is 10.8. The molecule has 7 nitrogen and oxygen atoms in total. The molecule has 1 amide bonds. The van der Waals surface area contributed by atoms with Gasteiger partial charge in [-0.25, -0.2) is 0 Å². The molecule has 0 bridgehead atoms. The van der Waals surface area contributed by atoms with Gasteiger partial charge in [-0.15, -0.1) is 10.2 Å². The predicted octanol–water partition coefficient (Wildman–Crippen LogP) is 2.37. The SMILES string of the molecule is CC(=O)c1cccc(NC(=O)CSc2ccc3nnc(C)n3n2)c1. The van der Waals surface area contributed by atoms with Gasteiger partial charge in [0.05, 0.1) is 5.75 Å². The molecule has 0 aliphatic rings. The van der Waals surface area contributed by atoms with Crippen LogP contribution in [0.4, 0.5) is 5.69 Å². The summed E-state index contributed by atoms with van der Waals surface area (Å²) in [7, 11) is 0. The van der Waals surface area contributed by atoms with Crippen molar-refractivity contribution in [2.24, 2.45) is 0 Å². The van der Waals surface area contributed by atoms with Crippen LogP contribution in [0.1, 0.15) is 23.1 Å². The minimum absolute atomic E-state index is 0.0395. The average Bonchev–Trinajstić information content (AvgIpc) is 2.94. The number of ketones is 1. The fourth-order valence-corrected chi connectivity index (χ4v) is 2.76. The van der Waals surface area contributed by atoms with Crippen LogP contribution in [0.15, 0.2) is 41.4 Å². The zero-order valence-electron chi connectivity index (χ0n) is 13.2. The van der Waals surface area contributed by atoms with E-state index in [2.05, 4.69) is 20.6 Å². The van der Waals surface area contributed by atoms with Crippen molar-refractivity contribution in [1.82, 2.24) is 19.8 Å². The largest absolute Gasteiger partial charge is 0.325 e. The van der Waals surface area contributed by atoms with Gasteiger partial charge in [0.15, 0.2) is 17.3 Å². The highest BCUT2D eigenvalue weighted by Gasteiger charge is 2.08. The van der Waals surface area contributed by atoms with Gasteiger partial charge in [-0.05, 0) is 38.1 Å². The molecule has 122 valence electrons. The fraction of sp³-hybridized carbons (Fsp3) is 0.188. The van der Waals surface area contributed by atoms with Crippen molar-refractivity contribution < 1.29 is 9.59 Å². The molecule has 3 rings (SSSR count). The van der Waals surface area contributed by atoms with Crippen LogP contribution in [-0.4, -0.2) is 37.3 Å². The maximum atomic E-state index is 12.1. The lowest BCUT2D eigenvalue weighted by atomic mass is 10.1. The lowest BCUT2D eigenvalue weighted by Gasteiger charge is -2.06. The minimum atomic E-state index is -0.164. The Hall–Kier alpha value is -2.74. The zero-order chi connectivity index (χ0) is 17.1. The molecular weight excluding hydrogens is 326 g/mol. The van der Waals surface area contributed by atoms with Crippen molar-refractivity contribution in [3.63, 3.8) is 0 Å². The number of carbonyl (C=O) groups excluding carboxylic acids is 2. The molecule has 0 aliphatic heterocycles. The molecule has 2 heterocycles. The summed E-state index contributed by atoms with van der Waals surface area (Å²) in [6, 6.07) is 10.5. The number of hydrogen-bond acceptors (Lipinski definition) is 6. The summed E-state index contributed by atoms with van der Waals surface area (Å²) in [5.41, 5.74) is 1.84. The summed E-state index contributed by atoms with van der Waals surface area (Å²) in [5.74, 6) is 0.701. The maximum Gasteiger partial charge on any atom is 0.234 e. The first-order chi connectivity index (χ1) is 11.5. The van der Waals surface area contributed by atoms with Crippen LogP contribution in [0, 0.1) is 6.92 Å². The molecular formula is C16H15N5O2S. The van der Waals surface area contributed by atoms with E-state index in [0.717, 1.165) is 0 Å². The van der Waals surface area contributed by atoms with Crippen molar-refractivity contribution in [2.75, 3.05) is 11.1 Å². The first-order valence-corrected chi connectivity index (χ1v) is 8.24. The maximum absolute atomic E-state index is 12.1. The van der Waals surface area contributed by atoms with Crippen LogP contribution in [-0.2, 0) is 4.79 Å². The fourth-order valence-electron chi connectivity index (χ4n) is 2.11. The van der Waals surface area contributed by atoms with E-state index in [1.54, 1.807) is 34.8 Å². The first kappa shape index (κ1) is 16.1. The Morgan fingerprint density at radius 2 is 2.04 bits per heavy atom. The van der Waals surface area contributed by atoms with E-state index in [0.29, 0.717) is 27.7 Å². The van der Waals surface area contributed by atoms with E-state index in [9.17, 15) is 9.59 Å². The summed E-state index contributed by atoms with van der Waals surface area (Å²) in [6.07, 6.45) is 0. The van der Waals surface area contributed by atoms with Gasteiger partial charge in [-0.3, -0.25) is 9.59 Å². The standard InChI is InChI=1S/C16H15N5O2S/c1-10(22)12-4-3-5-13(8-12)17-15(23)9-24-16-7-6-14-19-18-11(2)21(14)20-16/h3-8H,9H2,1-2H3,(H,17,23). The zero-order valence-corrected chi connectivity index (χ0v) is 14.0. The molecule has 1 N–H and O–H groups in total. The highest BCUT2D eigenvalue weighted by molar-refractivity contribution is 7.99. The summed E-state index contributed by atoms with van der Waals surface area (Å²) in [6.45, 7) is 3.31. The van der Waals surface area contributed by atoms with E-state index in [-0.39, 0.29) is 17.4 Å². The third kappa shape index (κ3) is 3.60. The quantitative estimate of drug-likeness (QED) is 0.566. The number of fused-ring (bicyclic) bond motifs is 1. The topological polar surface area (TPSA) is 89.2 Å². The Balaban J connectivity index is 1.63. The number of Topliss-reactive ketones (excluding diaryl/α,β-unsaturated/α-hetero) is 1. The molecule has 24 heavy (non-hydrogen) atoms. The molecule has 8 heteroatoms. The molecule has 0 fully saturated rings. The van der Waals surface area contributed by atoms with Gasteiger partial charge < -0.3 is 5.32 Å². The van der Waals surface area contributed by atoms with Gasteiger partial charge in [0, 0.05) is 11.3 Å². The second-order valence-corrected chi connectivity index (χ2v) is 6.16. The van der Waals surface area contributed by atoms with Crippen molar-refractivity contribution in [2.45, 2.75) is 18.9 Å². The lowest BCUT2D eigenvalue weighted by Crippen LogP contribution is -2.14. The summed E-state index contributed by atoms with van der Waals surface area (Å²) in [5, 5.41) is 15.8. The second kappa shape index (κ2) is 6.79. The van der Waals surface area contributed by atoms with Crippen LogP contribution in [0.5, 0.6) is 0 Å². The molecule has 3 aromatic rings. The molecule has 0 atom stereocenters. The third-order valence-electron chi connectivity index (χ3n) is 3.30. The number of hydrogen-bond donors (Lipinski definition) is 1. The summed E-state index contributed by atoms with van der Waals surface area (Å²) < 4.78 is 1.64. The molecule has 0 aliphatic carbocycles. The Bertz CT molecular complexity index is 922. The number of thioether (sulfide) groups is 1. The number of carbonyl (C=O) groups is 2. The number of rotatable bonds is 5. The number of anilines is 1. The van der Waals surface area contributed by atoms with Crippen molar-refractivity contribution >= 4 is 34.8 Å². The first-order valence-electron chi connectivity index (χ1n) is 7.25. The monoisotopic (exact) mass is 341 g/mol. The number of nitrogens with zero attached hydrogens (tertiary/aromatic N) is 4. The van der Waals surface area contributed by atoms with Crippen LogP contribution < -0.4 is 5.32 Å². The van der Waals surface area contributed by atoms with E-state index < -0.39 is 0 Å². The highest BCUT2D eigenvalue weighted by atomic mass is 32.2. The van der Waals surface area contributed by atoms with Crippen molar-refractivity contribution in [1.29, 1.82) is 0 Å². The van der Waals surface area contributed by atoms with Gasteiger partial charge in [-0.1, -0.05) is 23.9 Å². The Kier molecular flexibility index (Phi) is 4.57. The number of aromatic nitrogens is 4. The number of nitrogens with one attached hydrogen (secondary N) is 1. The van der Waals surface area contributed by atoms with Crippen molar-refractivity contribution in [3.05, 3.63) is 47.8 Å². The van der Waals surface area contributed by atoms with Gasteiger partial charge in [0.2, 0.25) is 5.91 Å². The van der Waals surface area contributed by atoms with E-state index in [1.807, 2.05) is 13.0 Å². The highest BCUT2D eigenvalue weighted by Crippen LogP contribution is 2.17. The number of aryl methyl sites for hydroxylation is 1. The smallest absolute Gasteiger partial charge is 0.234 e. The molecule has 1 aromatic carbocycles. The van der Waals surface area contributed by atoms with E-state index >= 15 is 0 Å². The summed E-state index contributed by atoms with van der Waals surface area (Å²) in [4.78, 5) is 23.4. The molecule has 0 radical (unpaired) electrons. The van der Waals surface area contributed by atoms with Gasteiger partial charge in [0.1, 0.15) is 5.03 Å². The van der Waals surface area contributed by atoms with E-state index in [4.69, 9.17) is 0 Å². The Morgan fingerprint density at radius 1 is 1.21 bits per heavy atom.